The van der Waals surface area contributed by atoms with Crippen molar-refractivity contribution in [2.24, 2.45) is 0 Å². The maximum absolute atomic E-state index is 13.3. The fourth-order valence-corrected chi connectivity index (χ4v) is 4.26. The molecule has 29 heavy (non-hydrogen) atoms. The first kappa shape index (κ1) is 19.0. The summed E-state index contributed by atoms with van der Waals surface area (Å²) in [5, 5.41) is 0. The third-order valence-corrected chi connectivity index (χ3v) is 5.79. The van der Waals surface area contributed by atoms with Crippen molar-refractivity contribution >= 4 is 23.4 Å². The van der Waals surface area contributed by atoms with Crippen LogP contribution >= 0.6 is 0 Å². The highest BCUT2D eigenvalue weighted by Crippen LogP contribution is 2.47. The molecule has 4 rings (SSSR count). The number of likely N-dealkylation sites (N-methyl/N-ethyl adjacent to an activating group) is 1. The van der Waals surface area contributed by atoms with E-state index >= 15 is 0 Å². The Balaban J connectivity index is 1.59. The van der Waals surface area contributed by atoms with Crippen LogP contribution in [-0.4, -0.2) is 50.4 Å². The Hall–Kier alpha value is -3.35. The number of hydrogen-bond acceptors (Lipinski definition) is 5. The molecule has 2 aromatic carbocycles. The molecule has 0 radical (unpaired) electrons. The zero-order valence-corrected chi connectivity index (χ0v) is 16.6. The van der Waals surface area contributed by atoms with Gasteiger partial charge in [-0.15, -0.1) is 0 Å². The van der Waals surface area contributed by atoms with Gasteiger partial charge >= 0.3 is 0 Å². The summed E-state index contributed by atoms with van der Waals surface area (Å²) in [5.41, 5.74) is 0.763. The number of anilines is 1. The Morgan fingerprint density at radius 2 is 1.69 bits per heavy atom. The van der Waals surface area contributed by atoms with E-state index < -0.39 is 11.3 Å². The normalized spacial score (nSPS) is 20.6. The van der Waals surface area contributed by atoms with Gasteiger partial charge in [-0.25, -0.2) is 0 Å². The van der Waals surface area contributed by atoms with Crippen molar-refractivity contribution in [2.45, 2.75) is 18.3 Å². The second kappa shape index (κ2) is 6.92. The number of para-hydroxylation sites is 1. The van der Waals surface area contributed by atoms with Crippen LogP contribution < -0.4 is 14.4 Å². The number of carbonyl (C=O) groups is 3. The lowest BCUT2D eigenvalue weighted by molar-refractivity contribution is -0.141. The van der Waals surface area contributed by atoms with Gasteiger partial charge in [0.05, 0.1) is 20.6 Å². The Labute approximate surface area is 168 Å². The number of rotatable bonds is 5. The highest BCUT2D eigenvalue weighted by molar-refractivity contribution is 6.28. The van der Waals surface area contributed by atoms with E-state index in [4.69, 9.17) is 9.47 Å². The number of methoxy groups -OCH3 is 2. The van der Waals surface area contributed by atoms with E-state index in [0.717, 1.165) is 5.56 Å². The second-order valence-corrected chi connectivity index (χ2v) is 7.25. The van der Waals surface area contributed by atoms with Crippen molar-refractivity contribution in [3.8, 4) is 11.5 Å². The fourth-order valence-electron chi connectivity index (χ4n) is 4.26. The molecule has 2 aliphatic heterocycles. The highest BCUT2D eigenvalue weighted by Gasteiger charge is 2.62. The van der Waals surface area contributed by atoms with E-state index in [-0.39, 0.29) is 24.8 Å². The lowest BCUT2D eigenvalue weighted by Gasteiger charge is -2.21. The highest BCUT2D eigenvalue weighted by atomic mass is 16.5. The maximum atomic E-state index is 13.3. The van der Waals surface area contributed by atoms with Crippen LogP contribution in [0.2, 0.25) is 0 Å². The topological polar surface area (TPSA) is 76.2 Å². The van der Waals surface area contributed by atoms with Gasteiger partial charge in [-0.3, -0.25) is 19.3 Å². The van der Waals surface area contributed by atoms with Gasteiger partial charge in [0, 0.05) is 24.8 Å². The minimum absolute atomic E-state index is 0.127. The quantitative estimate of drug-likeness (QED) is 0.572. The van der Waals surface area contributed by atoms with Gasteiger partial charge in [-0.1, -0.05) is 24.3 Å². The van der Waals surface area contributed by atoms with Crippen LogP contribution in [0.4, 0.5) is 5.69 Å². The average molecular weight is 394 g/mol. The third-order valence-electron chi connectivity index (χ3n) is 5.79. The largest absolute Gasteiger partial charge is 0.493 e. The number of imide groups is 1. The van der Waals surface area contributed by atoms with Gasteiger partial charge in [-0.05, 0) is 30.2 Å². The Morgan fingerprint density at radius 3 is 2.41 bits per heavy atom. The lowest BCUT2D eigenvalue weighted by Crippen LogP contribution is -2.46. The second-order valence-electron chi connectivity index (χ2n) is 7.25. The maximum Gasteiger partial charge on any atom is 0.250 e. The molecule has 0 N–H and O–H groups in total. The molecular formula is C22H22N2O5. The predicted molar refractivity (Wildman–Crippen MR) is 106 cm³/mol. The molecule has 0 unspecified atom stereocenters. The molecule has 3 amide bonds. The Kier molecular flexibility index (Phi) is 4.53. The van der Waals surface area contributed by atoms with Crippen LogP contribution in [0.5, 0.6) is 11.5 Å². The molecule has 0 aromatic heterocycles. The summed E-state index contributed by atoms with van der Waals surface area (Å²) in [7, 11) is 4.75. The molecule has 0 aliphatic carbocycles. The molecule has 0 saturated carbocycles. The molecular weight excluding hydrogens is 372 g/mol. The first-order chi connectivity index (χ1) is 13.9. The Bertz CT molecular complexity index is 1020. The zero-order valence-electron chi connectivity index (χ0n) is 16.6. The lowest BCUT2D eigenvalue weighted by atomic mass is 9.80. The zero-order chi connectivity index (χ0) is 20.8. The number of ether oxygens (including phenoxy) is 2. The van der Waals surface area contributed by atoms with Gasteiger partial charge in [-0.2, -0.15) is 0 Å². The first-order valence-corrected chi connectivity index (χ1v) is 9.37. The van der Waals surface area contributed by atoms with Crippen LogP contribution in [0.15, 0.2) is 42.5 Å². The van der Waals surface area contributed by atoms with Crippen molar-refractivity contribution in [3.63, 3.8) is 0 Å². The van der Waals surface area contributed by atoms with Crippen LogP contribution in [0, 0.1) is 0 Å². The fraction of sp³-hybridized carbons (Fsp3) is 0.318. The molecule has 150 valence electrons. The standard InChI is InChI=1S/C22H22N2O5/c1-23-16-7-5-4-6-15(16)22(20(23)26)13-19(25)24(21(22)27)11-10-14-8-9-17(28-2)18(12-14)29-3/h4-9,12H,10-11,13H2,1-3H3/t22-/m1/s1. The van der Waals surface area contributed by atoms with E-state index in [1.165, 1.54) is 9.80 Å². The van der Waals surface area contributed by atoms with E-state index in [1.54, 1.807) is 45.5 Å². The van der Waals surface area contributed by atoms with Gasteiger partial charge in [0.1, 0.15) is 0 Å². The molecule has 7 heteroatoms. The molecule has 1 saturated heterocycles. The summed E-state index contributed by atoms with van der Waals surface area (Å²) in [5.74, 6) is 0.0890. The van der Waals surface area contributed by atoms with Crippen molar-refractivity contribution < 1.29 is 23.9 Å². The van der Waals surface area contributed by atoms with Crippen LogP contribution in [-0.2, 0) is 26.2 Å². The number of amides is 3. The van der Waals surface area contributed by atoms with Gasteiger partial charge in [0.15, 0.2) is 16.9 Å². The molecule has 0 bridgehead atoms. The smallest absolute Gasteiger partial charge is 0.250 e. The summed E-state index contributed by atoms with van der Waals surface area (Å²) in [4.78, 5) is 41.8. The number of nitrogens with zero attached hydrogens (tertiary/aromatic N) is 2. The van der Waals surface area contributed by atoms with Gasteiger partial charge in [0.25, 0.3) is 0 Å². The van der Waals surface area contributed by atoms with Gasteiger partial charge < -0.3 is 14.4 Å². The molecule has 2 aliphatic rings. The molecule has 1 spiro atoms. The molecule has 2 aromatic rings. The summed E-state index contributed by atoms with van der Waals surface area (Å²) in [6.07, 6.45) is 0.331. The summed E-state index contributed by atoms with van der Waals surface area (Å²) >= 11 is 0. The number of carbonyl (C=O) groups excluding carboxylic acids is 3. The van der Waals surface area contributed by atoms with Crippen LogP contribution in [0.1, 0.15) is 17.5 Å². The SMILES string of the molecule is COc1ccc(CCN2C(=O)C[C@]3(C2=O)C(=O)N(C)c2ccccc23)cc1OC. The number of hydrogen-bond donors (Lipinski definition) is 0. The number of benzene rings is 2. The monoisotopic (exact) mass is 394 g/mol. The van der Waals surface area contributed by atoms with Crippen molar-refractivity contribution in [3.05, 3.63) is 53.6 Å². The average Bonchev–Trinajstić information content (AvgIpc) is 3.12. The van der Waals surface area contributed by atoms with Crippen molar-refractivity contribution in [1.82, 2.24) is 4.90 Å². The minimum Gasteiger partial charge on any atom is -0.493 e. The van der Waals surface area contributed by atoms with E-state index in [9.17, 15) is 14.4 Å². The number of likely N-dealkylation sites (tertiary alicyclic amines) is 1. The van der Waals surface area contributed by atoms with E-state index in [1.807, 2.05) is 18.2 Å². The van der Waals surface area contributed by atoms with Crippen LogP contribution in [0.3, 0.4) is 0 Å². The molecule has 1 atom stereocenters. The predicted octanol–water partition coefficient (Wildman–Crippen LogP) is 1.92. The summed E-state index contributed by atoms with van der Waals surface area (Å²) in [6, 6.07) is 12.6. The van der Waals surface area contributed by atoms with Crippen LogP contribution in [0.25, 0.3) is 0 Å². The molecule has 2 heterocycles. The minimum atomic E-state index is -1.43. The van der Waals surface area contributed by atoms with Crippen molar-refractivity contribution in [2.75, 3.05) is 32.7 Å². The first-order valence-electron chi connectivity index (χ1n) is 9.37. The van der Waals surface area contributed by atoms with E-state index in [2.05, 4.69) is 0 Å². The Morgan fingerprint density at radius 1 is 0.966 bits per heavy atom. The molecule has 1 fully saturated rings. The summed E-state index contributed by atoms with van der Waals surface area (Å²) in [6.45, 7) is 0.202. The van der Waals surface area contributed by atoms with E-state index in [0.29, 0.717) is 29.2 Å². The number of fused-ring (bicyclic) bond motifs is 2. The van der Waals surface area contributed by atoms with Gasteiger partial charge in [0.2, 0.25) is 17.7 Å². The third kappa shape index (κ3) is 2.68. The van der Waals surface area contributed by atoms with Crippen molar-refractivity contribution in [1.29, 1.82) is 0 Å². The summed E-state index contributed by atoms with van der Waals surface area (Å²) < 4.78 is 10.5. The molecule has 7 nitrogen and oxygen atoms in total.